The maximum atomic E-state index is 9.05. The molecule has 0 aliphatic rings. The molecule has 0 bridgehead atoms. The van der Waals surface area contributed by atoms with E-state index in [1.54, 1.807) is 0 Å². The maximum absolute atomic E-state index is 9.05. The van der Waals surface area contributed by atoms with Crippen molar-refractivity contribution >= 4 is 0 Å². The highest BCUT2D eigenvalue weighted by Gasteiger charge is 2.12. The summed E-state index contributed by atoms with van der Waals surface area (Å²) in [7, 11) is 0. The van der Waals surface area contributed by atoms with Crippen LogP contribution in [0.1, 0.15) is 39.2 Å². The largest absolute Gasteiger partial charge is 0.396 e. The van der Waals surface area contributed by atoms with Crippen LogP contribution in [-0.4, -0.2) is 11.7 Å². The van der Waals surface area contributed by atoms with Crippen LogP contribution < -0.4 is 0 Å². The van der Waals surface area contributed by atoms with Crippen molar-refractivity contribution in [2.45, 2.75) is 40.0 Å². The molecule has 3 atom stereocenters. The van der Waals surface area contributed by atoms with Gasteiger partial charge in [-0.3, -0.25) is 0 Å². The van der Waals surface area contributed by atoms with Gasteiger partial charge in [0.25, 0.3) is 0 Å². The third-order valence-electron chi connectivity index (χ3n) is 3.35. The zero-order valence-electron chi connectivity index (χ0n) is 11.4. The van der Waals surface area contributed by atoms with E-state index in [0.29, 0.717) is 18.4 Å². The Morgan fingerprint density at radius 2 is 1.47 bits per heavy atom. The quantitative estimate of drug-likeness (QED) is 0.758. The molecular weight excluding hydrogens is 208 g/mol. The zero-order valence-corrected chi connectivity index (χ0v) is 11.4. The van der Waals surface area contributed by atoms with Gasteiger partial charge in [0.1, 0.15) is 0 Å². The first kappa shape index (κ1) is 14.2. The van der Waals surface area contributed by atoms with Gasteiger partial charge in [0.05, 0.1) is 0 Å². The molecule has 0 fully saturated rings. The predicted molar refractivity (Wildman–Crippen MR) is 74.0 cm³/mol. The Morgan fingerprint density at radius 1 is 0.882 bits per heavy atom. The Morgan fingerprint density at radius 3 is 2.06 bits per heavy atom. The van der Waals surface area contributed by atoms with Crippen LogP contribution in [0.5, 0.6) is 0 Å². The van der Waals surface area contributed by atoms with Crippen LogP contribution >= 0.6 is 0 Å². The molecule has 0 radical (unpaired) electrons. The van der Waals surface area contributed by atoms with Crippen LogP contribution in [0, 0.1) is 17.8 Å². The fraction of sp³-hybridized carbons (Fsp3) is 0.625. The Kier molecular flexibility index (Phi) is 6.28. The molecule has 96 valence electrons. The number of aliphatic hydroxyl groups is 1. The van der Waals surface area contributed by atoms with Crippen molar-refractivity contribution in [1.82, 2.24) is 0 Å². The van der Waals surface area contributed by atoms with E-state index in [1.807, 2.05) is 0 Å². The standard InChI is InChI=1S/C16H26O/c1-13(10-15(3)12-17)9-14(2)11-16-7-5-4-6-8-16/h4-8,13-15,17H,9-12H2,1-3H3/t13-,14+,15+/m1/s1. The lowest BCUT2D eigenvalue weighted by Gasteiger charge is -2.19. The number of benzene rings is 1. The molecule has 0 spiro atoms. The fourth-order valence-corrected chi connectivity index (χ4v) is 2.64. The van der Waals surface area contributed by atoms with Gasteiger partial charge in [-0.05, 0) is 42.6 Å². The number of rotatable bonds is 7. The molecule has 0 heterocycles. The van der Waals surface area contributed by atoms with Gasteiger partial charge in [-0.25, -0.2) is 0 Å². The van der Waals surface area contributed by atoms with E-state index in [4.69, 9.17) is 5.11 Å². The molecule has 1 aromatic rings. The molecular formula is C16H26O. The second-order valence-corrected chi connectivity index (χ2v) is 5.66. The highest BCUT2D eigenvalue weighted by molar-refractivity contribution is 5.15. The van der Waals surface area contributed by atoms with Crippen molar-refractivity contribution in [1.29, 1.82) is 0 Å². The molecule has 1 rings (SSSR count). The van der Waals surface area contributed by atoms with Gasteiger partial charge < -0.3 is 5.11 Å². The minimum atomic E-state index is 0.317. The molecule has 0 saturated heterocycles. The molecule has 0 unspecified atom stereocenters. The van der Waals surface area contributed by atoms with Crippen LogP contribution in [0.25, 0.3) is 0 Å². The Labute approximate surface area is 106 Å². The Hall–Kier alpha value is -0.820. The predicted octanol–water partition coefficient (Wildman–Crippen LogP) is 3.91. The lowest BCUT2D eigenvalue weighted by molar-refractivity contribution is 0.208. The van der Waals surface area contributed by atoms with Crippen molar-refractivity contribution in [2.75, 3.05) is 6.61 Å². The van der Waals surface area contributed by atoms with Gasteiger partial charge in [0.2, 0.25) is 0 Å². The summed E-state index contributed by atoms with van der Waals surface area (Å²) >= 11 is 0. The summed E-state index contributed by atoms with van der Waals surface area (Å²) < 4.78 is 0. The summed E-state index contributed by atoms with van der Waals surface area (Å²) in [4.78, 5) is 0. The number of hydrogen-bond donors (Lipinski definition) is 1. The van der Waals surface area contributed by atoms with E-state index in [0.717, 1.165) is 12.3 Å². The smallest absolute Gasteiger partial charge is 0.0456 e. The monoisotopic (exact) mass is 234 g/mol. The minimum absolute atomic E-state index is 0.317. The molecule has 0 aromatic heterocycles. The molecule has 1 heteroatoms. The highest BCUT2D eigenvalue weighted by Crippen LogP contribution is 2.22. The molecule has 0 aliphatic carbocycles. The fourth-order valence-electron chi connectivity index (χ4n) is 2.64. The Balaban J connectivity index is 2.31. The van der Waals surface area contributed by atoms with E-state index in [2.05, 4.69) is 51.1 Å². The number of hydrogen-bond acceptors (Lipinski definition) is 1. The normalized spacial score (nSPS) is 16.5. The molecule has 0 amide bonds. The lowest BCUT2D eigenvalue weighted by Crippen LogP contribution is -2.11. The van der Waals surface area contributed by atoms with E-state index >= 15 is 0 Å². The maximum Gasteiger partial charge on any atom is 0.0456 e. The van der Waals surface area contributed by atoms with Crippen molar-refractivity contribution in [2.24, 2.45) is 17.8 Å². The lowest BCUT2D eigenvalue weighted by atomic mass is 9.87. The van der Waals surface area contributed by atoms with Gasteiger partial charge in [0, 0.05) is 6.61 Å². The molecule has 1 N–H and O–H groups in total. The van der Waals surface area contributed by atoms with E-state index in [1.165, 1.54) is 18.4 Å². The average molecular weight is 234 g/mol. The molecule has 1 nitrogen and oxygen atoms in total. The van der Waals surface area contributed by atoms with Gasteiger partial charge >= 0.3 is 0 Å². The Bertz CT molecular complexity index is 294. The van der Waals surface area contributed by atoms with Gasteiger partial charge in [-0.15, -0.1) is 0 Å². The second-order valence-electron chi connectivity index (χ2n) is 5.66. The average Bonchev–Trinajstić information content (AvgIpc) is 2.29. The van der Waals surface area contributed by atoms with Gasteiger partial charge in [-0.2, -0.15) is 0 Å². The van der Waals surface area contributed by atoms with Gasteiger partial charge in [-0.1, -0.05) is 51.1 Å². The SMILES string of the molecule is C[C@@H](C[C@H](C)CO)C[C@H](C)Cc1ccccc1. The molecule has 0 aliphatic heterocycles. The third kappa shape index (κ3) is 5.88. The first-order chi connectivity index (χ1) is 8.11. The van der Waals surface area contributed by atoms with Crippen LogP contribution in [0.15, 0.2) is 30.3 Å². The van der Waals surface area contributed by atoms with E-state index < -0.39 is 0 Å². The van der Waals surface area contributed by atoms with Crippen molar-refractivity contribution in [3.63, 3.8) is 0 Å². The minimum Gasteiger partial charge on any atom is -0.396 e. The summed E-state index contributed by atoms with van der Waals surface area (Å²) in [5.41, 5.74) is 1.43. The molecule has 17 heavy (non-hydrogen) atoms. The topological polar surface area (TPSA) is 20.2 Å². The first-order valence-electron chi connectivity index (χ1n) is 6.76. The van der Waals surface area contributed by atoms with Crippen LogP contribution in [0.3, 0.4) is 0 Å². The first-order valence-corrected chi connectivity index (χ1v) is 6.76. The van der Waals surface area contributed by atoms with Crippen LogP contribution in [0.2, 0.25) is 0 Å². The van der Waals surface area contributed by atoms with E-state index in [-0.39, 0.29) is 0 Å². The summed E-state index contributed by atoms with van der Waals surface area (Å²) in [5, 5.41) is 9.05. The van der Waals surface area contributed by atoms with Crippen molar-refractivity contribution < 1.29 is 5.11 Å². The highest BCUT2D eigenvalue weighted by atomic mass is 16.3. The van der Waals surface area contributed by atoms with Crippen LogP contribution in [0.4, 0.5) is 0 Å². The molecule has 1 aromatic carbocycles. The molecule has 0 saturated carbocycles. The summed E-state index contributed by atoms with van der Waals surface area (Å²) in [6.45, 7) is 7.07. The van der Waals surface area contributed by atoms with Crippen molar-refractivity contribution in [3.8, 4) is 0 Å². The summed E-state index contributed by atoms with van der Waals surface area (Å²) in [6, 6.07) is 10.7. The third-order valence-corrected chi connectivity index (χ3v) is 3.35. The summed E-state index contributed by atoms with van der Waals surface area (Å²) in [5.74, 6) is 1.86. The number of aliphatic hydroxyl groups excluding tert-OH is 1. The van der Waals surface area contributed by atoms with Crippen LogP contribution in [-0.2, 0) is 6.42 Å². The van der Waals surface area contributed by atoms with Gasteiger partial charge in [0.15, 0.2) is 0 Å². The summed E-state index contributed by atoms with van der Waals surface area (Å²) in [6.07, 6.45) is 3.55. The van der Waals surface area contributed by atoms with Crippen molar-refractivity contribution in [3.05, 3.63) is 35.9 Å². The zero-order chi connectivity index (χ0) is 12.7. The second kappa shape index (κ2) is 7.50. The van der Waals surface area contributed by atoms with E-state index in [9.17, 15) is 0 Å².